The summed E-state index contributed by atoms with van der Waals surface area (Å²) in [5.41, 5.74) is -0.779. The van der Waals surface area contributed by atoms with Gasteiger partial charge in [0.25, 0.3) is 0 Å². The molecule has 88 valence electrons. The van der Waals surface area contributed by atoms with Crippen LogP contribution in [0.5, 0.6) is 0 Å². The fourth-order valence-corrected chi connectivity index (χ4v) is 1.15. The fraction of sp³-hybridized carbons (Fsp3) is 0.100. The van der Waals surface area contributed by atoms with Gasteiger partial charge in [0.05, 0.1) is 17.1 Å². The maximum atomic E-state index is 13.2. The standard InChI is InChI=1S/C10H5ClFNO4/c1-17-10(14)3-2-6-4-8(12)9(13(15)16)5-7(6)11/h4-5H,1H3. The van der Waals surface area contributed by atoms with Crippen LogP contribution in [-0.4, -0.2) is 18.0 Å². The van der Waals surface area contributed by atoms with E-state index in [2.05, 4.69) is 10.7 Å². The van der Waals surface area contributed by atoms with E-state index in [1.165, 1.54) is 0 Å². The molecule has 7 heteroatoms. The Morgan fingerprint density at radius 2 is 2.24 bits per heavy atom. The van der Waals surface area contributed by atoms with Crippen LogP contribution in [0.2, 0.25) is 5.02 Å². The van der Waals surface area contributed by atoms with E-state index in [4.69, 9.17) is 11.6 Å². The molecule has 1 aromatic carbocycles. The van der Waals surface area contributed by atoms with Crippen molar-refractivity contribution in [2.24, 2.45) is 0 Å². The van der Waals surface area contributed by atoms with Crippen molar-refractivity contribution >= 4 is 23.3 Å². The first-order valence-corrected chi connectivity index (χ1v) is 4.57. The van der Waals surface area contributed by atoms with Crippen molar-refractivity contribution < 1.29 is 18.8 Å². The number of rotatable bonds is 1. The third-order valence-corrected chi connectivity index (χ3v) is 2.03. The molecular weight excluding hydrogens is 253 g/mol. The molecule has 0 amide bonds. The number of benzene rings is 1. The number of nitro benzene ring substituents is 1. The highest BCUT2D eigenvalue weighted by Gasteiger charge is 2.16. The van der Waals surface area contributed by atoms with Gasteiger partial charge in [0.15, 0.2) is 0 Å². The Hall–Kier alpha value is -2.13. The molecule has 0 bridgehead atoms. The summed E-state index contributed by atoms with van der Waals surface area (Å²) in [6.45, 7) is 0. The van der Waals surface area contributed by atoms with Gasteiger partial charge in [-0.25, -0.2) is 4.79 Å². The Bertz CT molecular complexity index is 547. The number of esters is 1. The van der Waals surface area contributed by atoms with E-state index in [9.17, 15) is 19.3 Å². The molecule has 1 aromatic rings. The molecule has 1 rings (SSSR count). The van der Waals surface area contributed by atoms with Crippen LogP contribution >= 0.6 is 11.6 Å². The molecule has 0 heterocycles. The molecule has 0 aromatic heterocycles. The molecule has 0 aliphatic heterocycles. The number of nitro groups is 1. The molecule has 0 unspecified atom stereocenters. The first kappa shape index (κ1) is 12.9. The van der Waals surface area contributed by atoms with Gasteiger partial charge in [-0.3, -0.25) is 10.1 Å². The molecule has 0 aliphatic rings. The van der Waals surface area contributed by atoms with E-state index in [1.807, 2.05) is 5.92 Å². The number of hydrogen-bond donors (Lipinski definition) is 0. The molecule has 0 saturated heterocycles. The summed E-state index contributed by atoms with van der Waals surface area (Å²) in [5, 5.41) is 10.3. The van der Waals surface area contributed by atoms with Crippen LogP contribution in [0, 0.1) is 27.8 Å². The van der Waals surface area contributed by atoms with Crippen LogP contribution in [0.1, 0.15) is 5.56 Å². The Morgan fingerprint density at radius 3 is 2.76 bits per heavy atom. The van der Waals surface area contributed by atoms with Gasteiger partial charge in [0.1, 0.15) is 0 Å². The van der Waals surface area contributed by atoms with Crippen molar-refractivity contribution in [2.75, 3.05) is 7.11 Å². The molecule has 0 spiro atoms. The van der Waals surface area contributed by atoms with Crippen molar-refractivity contribution in [3.63, 3.8) is 0 Å². The highest BCUT2D eigenvalue weighted by Crippen LogP contribution is 2.25. The third kappa shape index (κ3) is 3.16. The summed E-state index contributed by atoms with van der Waals surface area (Å²) in [6, 6.07) is 1.62. The average Bonchev–Trinajstić information content (AvgIpc) is 2.28. The summed E-state index contributed by atoms with van der Waals surface area (Å²) >= 11 is 5.65. The second kappa shape index (κ2) is 5.27. The number of carbonyl (C=O) groups is 1. The van der Waals surface area contributed by atoms with E-state index in [0.717, 1.165) is 19.2 Å². The third-order valence-electron chi connectivity index (χ3n) is 1.72. The van der Waals surface area contributed by atoms with Gasteiger partial charge in [0.2, 0.25) is 5.82 Å². The van der Waals surface area contributed by atoms with Gasteiger partial charge < -0.3 is 4.74 Å². The molecule has 0 atom stereocenters. The maximum absolute atomic E-state index is 13.2. The van der Waals surface area contributed by atoms with Crippen LogP contribution in [0.25, 0.3) is 0 Å². The van der Waals surface area contributed by atoms with Crippen molar-refractivity contribution in [1.82, 2.24) is 0 Å². The average molecular weight is 258 g/mol. The molecule has 0 radical (unpaired) electrons. The van der Waals surface area contributed by atoms with Crippen molar-refractivity contribution in [3.8, 4) is 11.8 Å². The zero-order valence-electron chi connectivity index (χ0n) is 8.49. The minimum absolute atomic E-state index is 0.0276. The summed E-state index contributed by atoms with van der Waals surface area (Å²) < 4.78 is 17.4. The lowest BCUT2D eigenvalue weighted by Gasteiger charge is -1.97. The lowest BCUT2D eigenvalue weighted by molar-refractivity contribution is -0.387. The topological polar surface area (TPSA) is 69.4 Å². The molecule has 17 heavy (non-hydrogen) atoms. The summed E-state index contributed by atoms with van der Waals surface area (Å²) in [5.74, 6) is 2.39. The largest absolute Gasteiger partial charge is 0.459 e. The fourth-order valence-electron chi connectivity index (χ4n) is 0.941. The predicted octanol–water partition coefficient (Wildman–Crippen LogP) is 1.91. The number of carbonyl (C=O) groups excluding carboxylic acids is 1. The van der Waals surface area contributed by atoms with E-state index in [1.54, 1.807) is 0 Å². The number of hydrogen-bond acceptors (Lipinski definition) is 4. The number of methoxy groups -OCH3 is 1. The molecule has 0 saturated carbocycles. The quantitative estimate of drug-likeness (QED) is 0.333. The second-order valence-electron chi connectivity index (χ2n) is 2.78. The number of ether oxygens (including phenoxy) is 1. The summed E-state index contributed by atoms with van der Waals surface area (Å²) in [6.07, 6.45) is 0. The highest BCUT2D eigenvalue weighted by molar-refractivity contribution is 6.32. The van der Waals surface area contributed by atoms with Gasteiger partial charge in [-0.2, -0.15) is 4.39 Å². The normalized spacial score (nSPS) is 9.12. The number of halogens is 2. The summed E-state index contributed by atoms with van der Waals surface area (Å²) in [4.78, 5) is 20.2. The Kier molecular flexibility index (Phi) is 4.01. The minimum atomic E-state index is -1.08. The molecule has 5 nitrogen and oxygen atoms in total. The van der Waals surface area contributed by atoms with Gasteiger partial charge in [-0.1, -0.05) is 17.5 Å². The molecule has 0 fully saturated rings. The van der Waals surface area contributed by atoms with Gasteiger partial charge in [-0.05, 0) is 6.07 Å². The maximum Gasteiger partial charge on any atom is 0.384 e. The van der Waals surface area contributed by atoms with Crippen molar-refractivity contribution in [1.29, 1.82) is 0 Å². The van der Waals surface area contributed by atoms with Gasteiger partial charge in [0, 0.05) is 17.6 Å². The van der Waals surface area contributed by atoms with E-state index < -0.39 is 22.4 Å². The number of nitrogens with zero attached hydrogens (tertiary/aromatic N) is 1. The highest BCUT2D eigenvalue weighted by atomic mass is 35.5. The molecular formula is C10H5ClFNO4. The monoisotopic (exact) mass is 257 g/mol. The lowest BCUT2D eigenvalue weighted by Crippen LogP contribution is -1.96. The van der Waals surface area contributed by atoms with Crippen LogP contribution in [0.4, 0.5) is 10.1 Å². The zero-order valence-corrected chi connectivity index (χ0v) is 9.25. The van der Waals surface area contributed by atoms with Crippen molar-refractivity contribution in [3.05, 3.63) is 38.7 Å². The van der Waals surface area contributed by atoms with Gasteiger partial charge >= 0.3 is 11.7 Å². The van der Waals surface area contributed by atoms with Crippen LogP contribution in [-0.2, 0) is 9.53 Å². The van der Waals surface area contributed by atoms with Crippen molar-refractivity contribution in [2.45, 2.75) is 0 Å². The molecule has 0 N–H and O–H groups in total. The van der Waals surface area contributed by atoms with Crippen LogP contribution in [0.3, 0.4) is 0 Å². The van der Waals surface area contributed by atoms with E-state index in [0.29, 0.717) is 0 Å². The predicted molar refractivity (Wildman–Crippen MR) is 57.0 cm³/mol. The Labute approximate surface area is 100 Å². The first-order valence-electron chi connectivity index (χ1n) is 4.19. The molecule has 0 aliphatic carbocycles. The van der Waals surface area contributed by atoms with Crippen LogP contribution in [0.15, 0.2) is 12.1 Å². The Morgan fingerprint density at radius 1 is 1.59 bits per heavy atom. The first-order chi connectivity index (χ1) is 7.95. The van der Waals surface area contributed by atoms with E-state index in [-0.39, 0.29) is 10.6 Å². The van der Waals surface area contributed by atoms with E-state index >= 15 is 0 Å². The zero-order chi connectivity index (χ0) is 13.0. The SMILES string of the molecule is COC(=O)C#Cc1cc(F)c([N+](=O)[O-])cc1Cl. The van der Waals surface area contributed by atoms with Crippen LogP contribution < -0.4 is 0 Å². The van der Waals surface area contributed by atoms with Gasteiger partial charge in [-0.15, -0.1) is 0 Å². The summed E-state index contributed by atoms with van der Waals surface area (Å²) in [7, 11) is 1.13. The smallest absolute Gasteiger partial charge is 0.384 e. The Balaban J connectivity index is 3.19. The minimum Gasteiger partial charge on any atom is -0.459 e. The lowest BCUT2D eigenvalue weighted by atomic mass is 10.2. The second-order valence-corrected chi connectivity index (χ2v) is 3.19.